The number of anilines is 1. The number of hydrogen-bond acceptors (Lipinski definition) is 8. The highest BCUT2D eigenvalue weighted by Crippen LogP contribution is 2.16. The summed E-state index contributed by atoms with van der Waals surface area (Å²) >= 11 is 0. The second-order valence-corrected chi connectivity index (χ2v) is 6.31. The molecule has 0 radical (unpaired) electrons. The molecule has 0 fully saturated rings. The molecular weight excluding hydrogens is 398 g/mol. The third-order valence-corrected chi connectivity index (χ3v) is 4.20. The van der Waals surface area contributed by atoms with E-state index < -0.39 is 5.91 Å². The highest BCUT2D eigenvalue weighted by atomic mass is 16.5. The number of hydrogen-bond donors (Lipinski definition) is 1. The molecule has 31 heavy (non-hydrogen) atoms. The number of nitrogens with zero attached hydrogens (tertiary/aromatic N) is 6. The summed E-state index contributed by atoms with van der Waals surface area (Å²) in [5.74, 6) is 5.60. The molecule has 0 bridgehead atoms. The minimum atomic E-state index is -0.506. The van der Waals surface area contributed by atoms with Gasteiger partial charge in [0.1, 0.15) is 0 Å². The first-order valence-electron chi connectivity index (χ1n) is 9.07. The van der Waals surface area contributed by atoms with E-state index in [0.29, 0.717) is 28.3 Å². The maximum atomic E-state index is 12.6. The molecule has 0 aliphatic rings. The van der Waals surface area contributed by atoms with Crippen molar-refractivity contribution in [2.45, 2.75) is 6.92 Å². The first-order valence-corrected chi connectivity index (χ1v) is 9.07. The number of ketones is 1. The Bertz CT molecular complexity index is 1370. The van der Waals surface area contributed by atoms with Crippen LogP contribution in [0.3, 0.4) is 0 Å². The van der Waals surface area contributed by atoms with Crippen LogP contribution < -0.4 is 10.1 Å². The van der Waals surface area contributed by atoms with Crippen LogP contribution in [0.2, 0.25) is 0 Å². The van der Waals surface area contributed by atoms with Crippen molar-refractivity contribution < 1.29 is 14.3 Å². The highest BCUT2D eigenvalue weighted by Gasteiger charge is 2.14. The van der Waals surface area contributed by atoms with Gasteiger partial charge in [-0.15, -0.1) is 20.4 Å². The molecule has 1 amide bonds. The summed E-state index contributed by atoms with van der Waals surface area (Å²) in [4.78, 5) is 24.2. The van der Waals surface area contributed by atoms with Crippen LogP contribution in [-0.2, 0) is 0 Å². The Labute approximate surface area is 176 Å². The van der Waals surface area contributed by atoms with Gasteiger partial charge in [0.05, 0.1) is 12.7 Å². The fourth-order valence-corrected chi connectivity index (χ4v) is 2.69. The van der Waals surface area contributed by atoms with E-state index in [-0.39, 0.29) is 17.4 Å². The molecule has 0 aliphatic carbocycles. The van der Waals surface area contributed by atoms with Gasteiger partial charge in [-0.3, -0.25) is 9.59 Å². The van der Waals surface area contributed by atoms with E-state index in [9.17, 15) is 9.59 Å². The number of Topliss-reactive ketones (excluding diaryl/α,β-unsaturated/α-hetero) is 1. The number of amides is 1. The lowest BCUT2D eigenvalue weighted by molar-refractivity contribution is 0.100. The third-order valence-electron chi connectivity index (χ3n) is 4.20. The zero-order chi connectivity index (χ0) is 21.8. The van der Waals surface area contributed by atoms with Crippen LogP contribution >= 0.6 is 0 Å². The lowest BCUT2D eigenvalue weighted by Gasteiger charge is -2.07. The maximum Gasteiger partial charge on any atom is 0.276 e. The van der Waals surface area contributed by atoms with Crippen LogP contribution in [0.1, 0.15) is 39.2 Å². The van der Waals surface area contributed by atoms with Gasteiger partial charge in [0.25, 0.3) is 5.91 Å². The molecule has 0 atom stereocenters. The lowest BCUT2D eigenvalue weighted by atomic mass is 10.1. The first-order chi connectivity index (χ1) is 15.0. The predicted molar refractivity (Wildman–Crippen MR) is 110 cm³/mol. The van der Waals surface area contributed by atoms with Gasteiger partial charge in [-0.25, -0.2) is 0 Å². The van der Waals surface area contributed by atoms with Gasteiger partial charge in [0.2, 0.25) is 11.7 Å². The predicted octanol–water partition coefficient (Wildman–Crippen LogP) is 1.78. The molecule has 152 valence electrons. The van der Waals surface area contributed by atoms with Crippen LogP contribution in [0.15, 0.2) is 48.7 Å². The molecule has 3 heterocycles. The normalized spacial score (nSPS) is 10.3. The molecule has 0 aliphatic heterocycles. The van der Waals surface area contributed by atoms with E-state index in [0.717, 1.165) is 0 Å². The summed E-state index contributed by atoms with van der Waals surface area (Å²) in [7, 11) is 1.43. The molecule has 0 spiro atoms. The van der Waals surface area contributed by atoms with Gasteiger partial charge in [0.15, 0.2) is 17.1 Å². The standard InChI is InChI=1S/C21H15N7O3/c1-13(29)14-5-3-6-16(11-14)23-20(30)17-12-15(21(31-2)27-24-17)8-9-19-26-25-18-7-4-10-22-28(18)19/h3-7,10-12H,1-2H3,(H,23,30). The Morgan fingerprint density at radius 1 is 1.03 bits per heavy atom. The highest BCUT2D eigenvalue weighted by molar-refractivity contribution is 6.04. The number of aromatic nitrogens is 6. The topological polar surface area (TPSA) is 124 Å². The SMILES string of the molecule is COc1nnc(C(=O)Nc2cccc(C(C)=O)c2)cc1C#Cc1nnc2cccnn12. The Morgan fingerprint density at radius 3 is 2.71 bits per heavy atom. The molecule has 1 N–H and O–H groups in total. The summed E-state index contributed by atoms with van der Waals surface area (Å²) in [6.07, 6.45) is 1.60. The fourth-order valence-electron chi connectivity index (χ4n) is 2.69. The third kappa shape index (κ3) is 4.20. The van der Waals surface area contributed by atoms with Gasteiger partial charge >= 0.3 is 0 Å². The van der Waals surface area contributed by atoms with Gasteiger partial charge in [-0.05, 0) is 43.2 Å². The Hall–Kier alpha value is -4.65. The van der Waals surface area contributed by atoms with E-state index >= 15 is 0 Å². The number of methoxy groups -OCH3 is 1. The number of fused-ring (bicyclic) bond motifs is 1. The monoisotopic (exact) mass is 413 g/mol. The molecular formula is C21H15N7O3. The molecule has 4 aromatic rings. The summed E-state index contributed by atoms with van der Waals surface area (Å²) in [5, 5.41) is 22.6. The Balaban J connectivity index is 1.63. The number of rotatable bonds is 4. The maximum absolute atomic E-state index is 12.6. The van der Waals surface area contributed by atoms with Crippen LogP contribution in [0.25, 0.3) is 5.65 Å². The quantitative estimate of drug-likeness (QED) is 0.397. The van der Waals surface area contributed by atoms with Crippen LogP contribution in [0.4, 0.5) is 5.69 Å². The molecule has 10 nitrogen and oxygen atoms in total. The largest absolute Gasteiger partial charge is 0.479 e. The average Bonchev–Trinajstić information content (AvgIpc) is 3.20. The van der Waals surface area contributed by atoms with Gasteiger partial charge < -0.3 is 10.1 Å². The van der Waals surface area contributed by atoms with Crippen molar-refractivity contribution >= 4 is 23.0 Å². The van der Waals surface area contributed by atoms with Crippen LogP contribution in [-0.4, -0.2) is 48.8 Å². The van der Waals surface area contributed by atoms with Crippen molar-refractivity contribution in [2.24, 2.45) is 0 Å². The van der Waals surface area contributed by atoms with Crippen LogP contribution in [0, 0.1) is 11.8 Å². The molecule has 0 saturated heterocycles. The molecule has 0 unspecified atom stereocenters. The van der Waals surface area contributed by atoms with Crippen LogP contribution in [0.5, 0.6) is 5.88 Å². The molecule has 10 heteroatoms. The van der Waals surface area contributed by atoms with Crippen molar-refractivity contribution in [1.82, 2.24) is 30.0 Å². The minimum Gasteiger partial charge on any atom is -0.479 e. The Kier molecular flexibility index (Phi) is 5.31. The van der Waals surface area contributed by atoms with Gasteiger partial charge in [0, 0.05) is 17.4 Å². The Morgan fingerprint density at radius 2 is 1.90 bits per heavy atom. The zero-order valence-electron chi connectivity index (χ0n) is 16.5. The average molecular weight is 413 g/mol. The summed E-state index contributed by atoms with van der Waals surface area (Å²) < 4.78 is 6.68. The van der Waals surface area contributed by atoms with Gasteiger partial charge in [-0.1, -0.05) is 18.1 Å². The summed E-state index contributed by atoms with van der Waals surface area (Å²) in [5.41, 5.74) is 1.87. The molecule has 0 saturated carbocycles. The minimum absolute atomic E-state index is 0.0301. The number of carbonyl (C=O) groups excluding carboxylic acids is 2. The van der Waals surface area contributed by atoms with Crippen molar-refractivity contribution in [3.63, 3.8) is 0 Å². The van der Waals surface area contributed by atoms with Crippen molar-refractivity contribution in [3.8, 4) is 17.7 Å². The van der Waals surface area contributed by atoms with E-state index in [4.69, 9.17) is 4.74 Å². The molecule has 4 rings (SSSR count). The smallest absolute Gasteiger partial charge is 0.276 e. The van der Waals surface area contributed by atoms with Crippen molar-refractivity contribution in [2.75, 3.05) is 12.4 Å². The fraction of sp³-hybridized carbons (Fsp3) is 0.0952. The molecule has 3 aromatic heterocycles. The van der Waals surface area contributed by atoms with Gasteiger partial charge in [-0.2, -0.15) is 9.61 Å². The van der Waals surface area contributed by atoms with E-state index in [2.05, 4.69) is 42.7 Å². The number of nitrogens with one attached hydrogen (secondary N) is 1. The second kappa shape index (κ2) is 8.38. The number of ether oxygens (including phenoxy) is 1. The summed E-state index contributed by atoms with van der Waals surface area (Å²) in [6.45, 7) is 1.45. The van der Waals surface area contributed by atoms with Crippen molar-refractivity contribution in [1.29, 1.82) is 0 Å². The van der Waals surface area contributed by atoms with E-state index in [1.165, 1.54) is 24.6 Å². The number of carbonyl (C=O) groups is 2. The zero-order valence-corrected chi connectivity index (χ0v) is 16.5. The van der Waals surface area contributed by atoms with E-state index in [1.807, 2.05) is 0 Å². The first kappa shape index (κ1) is 19.7. The number of benzene rings is 1. The van der Waals surface area contributed by atoms with Crippen molar-refractivity contribution in [3.05, 3.63) is 71.3 Å². The molecule has 1 aromatic carbocycles. The van der Waals surface area contributed by atoms with E-state index in [1.54, 1.807) is 42.6 Å². The lowest BCUT2D eigenvalue weighted by Crippen LogP contribution is -2.15. The summed E-state index contributed by atoms with van der Waals surface area (Å²) in [6, 6.07) is 11.6. The second-order valence-electron chi connectivity index (χ2n) is 6.31.